The summed E-state index contributed by atoms with van der Waals surface area (Å²) in [5.41, 5.74) is 2.30. The Balaban J connectivity index is 1.47. The summed E-state index contributed by atoms with van der Waals surface area (Å²) in [5, 5.41) is 5.76. The Labute approximate surface area is 171 Å². The minimum absolute atomic E-state index is 0.475. The summed E-state index contributed by atoms with van der Waals surface area (Å²) in [4.78, 5) is 4.35. The summed E-state index contributed by atoms with van der Waals surface area (Å²) in [6.07, 6.45) is 1.78. The lowest BCUT2D eigenvalue weighted by atomic mass is 10.0. The minimum Gasteiger partial charge on any atom is -0.490 e. The van der Waals surface area contributed by atoms with Crippen LogP contribution in [-0.2, 0) is 6.54 Å². The van der Waals surface area contributed by atoms with Gasteiger partial charge in [0.05, 0.1) is 0 Å². The third kappa shape index (κ3) is 4.85. The first-order valence-corrected chi connectivity index (χ1v) is 9.77. The van der Waals surface area contributed by atoms with Gasteiger partial charge >= 0.3 is 0 Å². The molecule has 4 heteroatoms. The molecule has 0 spiro atoms. The van der Waals surface area contributed by atoms with Gasteiger partial charge in [0.15, 0.2) is 0 Å². The molecule has 146 valence electrons. The van der Waals surface area contributed by atoms with Crippen LogP contribution < -0.4 is 14.8 Å². The standard InChI is InChI=1S/C25H24N2O2/c1-19-7-6-9-21(17-19)28-15-16-29-24-13-12-20-8-2-3-10-22(20)23(24)18-27-25-11-4-5-14-26-25/h2-14,17H,15-16,18H2,1H3,(H,26,27). The Morgan fingerprint density at radius 3 is 2.55 bits per heavy atom. The maximum absolute atomic E-state index is 6.10. The van der Waals surface area contributed by atoms with E-state index in [1.165, 1.54) is 16.3 Å². The normalized spacial score (nSPS) is 10.7. The number of anilines is 1. The predicted octanol–water partition coefficient (Wildman–Crippen LogP) is 5.61. The Hall–Kier alpha value is -3.53. The van der Waals surface area contributed by atoms with Gasteiger partial charge in [-0.3, -0.25) is 0 Å². The molecule has 0 aliphatic rings. The first-order chi connectivity index (χ1) is 14.3. The Kier molecular flexibility index (Phi) is 5.91. The predicted molar refractivity (Wildman–Crippen MR) is 118 cm³/mol. The van der Waals surface area contributed by atoms with E-state index in [0.29, 0.717) is 19.8 Å². The minimum atomic E-state index is 0.475. The lowest BCUT2D eigenvalue weighted by molar-refractivity contribution is 0.216. The van der Waals surface area contributed by atoms with E-state index in [1.54, 1.807) is 6.20 Å². The lowest BCUT2D eigenvalue weighted by Crippen LogP contribution is -2.11. The van der Waals surface area contributed by atoms with Gasteiger partial charge in [-0.2, -0.15) is 0 Å². The van der Waals surface area contributed by atoms with Gasteiger partial charge in [0.2, 0.25) is 0 Å². The molecule has 0 bridgehead atoms. The number of aromatic nitrogens is 1. The van der Waals surface area contributed by atoms with Crippen molar-refractivity contribution < 1.29 is 9.47 Å². The highest BCUT2D eigenvalue weighted by molar-refractivity contribution is 5.88. The maximum atomic E-state index is 6.10. The number of rotatable bonds is 8. The van der Waals surface area contributed by atoms with Crippen LogP contribution in [0.5, 0.6) is 11.5 Å². The number of nitrogens with zero attached hydrogens (tertiary/aromatic N) is 1. The first-order valence-electron chi connectivity index (χ1n) is 9.77. The third-order valence-electron chi connectivity index (χ3n) is 4.71. The van der Waals surface area contributed by atoms with Crippen molar-refractivity contribution in [3.63, 3.8) is 0 Å². The van der Waals surface area contributed by atoms with Crippen molar-refractivity contribution in [2.75, 3.05) is 18.5 Å². The molecule has 0 atom stereocenters. The number of nitrogens with one attached hydrogen (secondary N) is 1. The van der Waals surface area contributed by atoms with Crippen LogP contribution in [0.1, 0.15) is 11.1 Å². The van der Waals surface area contributed by atoms with Gasteiger partial charge < -0.3 is 14.8 Å². The van der Waals surface area contributed by atoms with E-state index in [2.05, 4.69) is 53.6 Å². The average Bonchev–Trinajstić information content (AvgIpc) is 2.76. The molecule has 1 N–H and O–H groups in total. The second-order valence-corrected chi connectivity index (χ2v) is 6.85. The van der Waals surface area contributed by atoms with E-state index in [-0.39, 0.29) is 0 Å². The smallest absolute Gasteiger partial charge is 0.126 e. The fourth-order valence-corrected chi connectivity index (χ4v) is 3.30. The molecule has 4 aromatic rings. The molecule has 0 aliphatic heterocycles. The fourth-order valence-electron chi connectivity index (χ4n) is 3.30. The number of aryl methyl sites for hydroxylation is 1. The van der Waals surface area contributed by atoms with Gasteiger partial charge in [-0.25, -0.2) is 4.98 Å². The second kappa shape index (κ2) is 9.11. The van der Waals surface area contributed by atoms with E-state index >= 15 is 0 Å². The highest BCUT2D eigenvalue weighted by atomic mass is 16.5. The van der Waals surface area contributed by atoms with Crippen molar-refractivity contribution in [3.8, 4) is 11.5 Å². The highest BCUT2D eigenvalue weighted by Gasteiger charge is 2.09. The molecule has 1 aromatic heterocycles. The molecular weight excluding hydrogens is 360 g/mol. The van der Waals surface area contributed by atoms with Gasteiger partial charge in [-0.15, -0.1) is 0 Å². The largest absolute Gasteiger partial charge is 0.490 e. The van der Waals surface area contributed by atoms with Crippen LogP contribution in [0.4, 0.5) is 5.82 Å². The van der Waals surface area contributed by atoms with E-state index < -0.39 is 0 Å². The number of benzene rings is 3. The maximum Gasteiger partial charge on any atom is 0.126 e. The number of hydrogen-bond acceptors (Lipinski definition) is 4. The molecule has 0 aliphatic carbocycles. The molecule has 0 saturated carbocycles. The summed E-state index contributed by atoms with van der Waals surface area (Å²) in [6, 6.07) is 26.3. The zero-order chi connectivity index (χ0) is 19.9. The monoisotopic (exact) mass is 384 g/mol. The molecule has 0 saturated heterocycles. The Morgan fingerprint density at radius 1 is 0.828 bits per heavy atom. The van der Waals surface area contributed by atoms with Crippen molar-refractivity contribution >= 4 is 16.6 Å². The molecule has 0 radical (unpaired) electrons. The van der Waals surface area contributed by atoms with Crippen molar-refractivity contribution in [2.24, 2.45) is 0 Å². The zero-order valence-corrected chi connectivity index (χ0v) is 16.5. The number of hydrogen-bond donors (Lipinski definition) is 1. The van der Waals surface area contributed by atoms with E-state index in [1.807, 2.05) is 42.5 Å². The first kappa shape index (κ1) is 18.8. The molecule has 29 heavy (non-hydrogen) atoms. The Bertz CT molecular complexity index is 1080. The van der Waals surface area contributed by atoms with Crippen LogP contribution in [0.15, 0.2) is 85.1 Å². The summed E-state index contributed by atoms with van der Waals surface area (Å²) in [5.74, 6) is 2.57. The van der Waals surface area contributed by atoms with Crippen LogP contribution in [0.25, 0.3) is 10.8 Å². The third-order valence-corrected chi connectivity index (χ3v) is 4.71. The van der Waals surface area contributed by atoms with Crippen LogP contribution in [0.2, 0.25) is 0 Å². The topological polar surface area (TPSA) is 43.4 Å². The van der Waals surface area contributed by atoms with Gasteiger partial charge in [-0.05, 0) is 53.6 Å². The van der Waals surface area contributed by atoms with Crippen LogP contribution in [-0.4, -0.2) is 18.2 Å². The quantitative estimate of drug-likeness (QED) is 0.401. The van der Waals surface area contributed by atoms with Crippen molar-refractivity contribution in [3.05, 3.63) is 96.2 Å². The van der Waals surface area contributed by atoms with E-state index in [0.717, 1.165) is 22.9 Å². The molecule has 0 unspecified atom stereocenters. The lowest BCUT2D eigenvalue weighted by Gasteiger charge is -2.16. The Morgan fingerprint density at radius 2 is 1.69 bits per heavy atom. The molecule has 0 amide bonds. The SMILES string of the molecule is Cc1cccc(OCCOc2ccc3ccccc3c2CNc2ccccn2)c1. The summed E-state index contributed by atoms with van der Waals surface area (Å²) in [7, 11) is 0. The molecular formula is C25H24N2O2. The van der Waals surface area contributed by atoms with Crippen LogP contribution >= 0.6 is 0 Å². The van der Waals surface area contributed by atoms with Gasteiger partial charge in [-0.1, -0.05) is 48.5 Å². The molecule has 4 nitrogen and oxygen atoms in total. The average molecular weight is 384 g/mol. The van der Waals surface area contributed by atoms with Crippen molar-refractivity contribution in [1.29, 1.82) is 0 Å². The van der Waals surface area contributed by atoms with E-state index in [9.17, 15) is 0 Å². The number of ether oxygens (including phenoxy) is 2. The van der Waals surface area contributed by atoms with Gasteiger partial charge in [0.1, 0.15) is 30.5 Å². The zero-order valence-electron chi connectivity index (χ0n) is 16.5. The van der Waals surface area contributed by atoms with Gasteiger partial charge in [0.25, 0.3) is 0 Å². The summed E-state index contributed by atoms with van der Waals surface area (Å²) >= 11 is 0. The van der Waals surface area contributed by atoms with Crippen molar-refractivity contribution in [2.45, 2.75) is 13.5 Å². The molecule has 4 rings (SSSR count). The molecule has 1 heterocycles. The fraction of sp³-hybridized carbons (Fsp3) is 0.160. The van der Waals surface area contributed by atoms with E-state index in [4.69, 9.17) is 9.47 Å². The number of fused-ring (bicyclic) bond motifs is 1. The highest BCUT2D eigenvalue weighted by Crippen LogP contribution is 2.29. The van der Waals surface area contributed by atoms with Gasteiger partial charge in [0, 0.05) is 18.3 Å². The van der Waals surface area contributed by atoms with Crippen molar-refractivity contribution in [1.82, 2.24) is 4.98 Å². The second-order valence-electron chi connectivity index (χ2n) is 6.85. The summed E-state index contributed by atoms with van der Waals surface area (Å²) in [6.45, 7) is 3.65. The summed E-state index contributed by atoms with van der Waals surface area (Å²) < 4.78 is 11.9. The number of pyridine rings is 1. The van der Waals surface area contributed by atoms with Crippen LogP contribution in [0.3, 0.4) is 0 Å². The molecule has 0 fully saturated rings. The van der Waals surface area contributed by atoms with Crippen LogP contribution in [0, 0.1) is 6.92 Å². The molecule has 3 aromatic carbocycles.